The molecule has 0 radical (unpaired) electrons. The maximum Gasteiger partial charge on any atom is 0.421 e. The summed E-state index contributed by atoms with van der Waals surface area (Å²) in [6.45, 7) is -1.31. The molecule has 0 bridgehead atoms. The molecule has 0 N–H and O–H groups in total. The highest BCUT2D eigenvalue weighted by Gasteiger charge is 2.37. The normalized spacial score (nSPS) is 11.5. The van der Waals surface area contributed by atoms with E-state index in [0.29, 0.717) is 0 Å². The van der Waals surface area contributed by atoms with E-state index in [4.69, 9.17) is 0 Å². The van der Waals surface area contributed by atoms with Crippen molar-refractivity contribution in [1.82, 2.24) is 4.98 Å². The summed E-state index contributed by atoms with van der Waals surface area (Å²) in [5.41, 5.74) is -0.995. The Morgan fingerprint density at radius 1 is 1.36 bits per heavy atom. The number of rotatable bonds is 2. The molecule has 0 atom stereocenters. The molecule has 14 heavy (non-hydrogen) atoms. The molecular formula is C7H4F4INO. The van der Waals surface area contributed by atoms with E-state index in [2.05, 4.69) is 9.72 Å². The Labute approximate surface area is 90.4 Å². The lowest BCUT2D eigenvalue weighted by atomic mass is 10.2. The Bertz CT molecular complexity index is 328. The molecule has 0 aliphatic heterocycles. The molecule has 0 saturated heterocycles. The van der Waals surface area contributed by atoms with Crippen LogP contribution in [0.15, 0.2) is 12.4 Å². The lowest BCUT2D eigenvalue weighted by Gasteiger charge is -2.12. The van der Waals surface area contributed by atoms with E-state index in [9.17, 15) is 17.6 Å². The van der Waals surface area contributed by atoms with Crippen LogP contribution in [0.5, 0.6) is 5.75 Å². The van der Waals surface area contributed by atoms with Gasteiger partial charge in [0.15, 0.2) is 5.75 Å². The number of aromatic nitrogens is 1. The molecule has 0 saturated carbocycles. The van der Waals surface area contributed by atoms with E-state index in [1.54, 1.807) is 0 Å². The van der Waals surface area contributed by atoms with Gasteiger partial charge in [0.05, 0.1) is 6.20 Å². The van der Waals surface area contributed by atoms with Crippen LogP contribution in [0.2, 0.25) is 0 Å². The number of pyridine rings is 1. The van der Waals surface area contributed by atoms with Crippen molar-refractivity contribution in [3.63, 3.8) is 0 Å². The Hall–Kier alpha value is -0.600. The van der Waals surface area contributed by atoms with Crippen molar-refractivity contribution in [2.24, 2.45) is 0 Å². The largest absolute Gasteiger partial charge is 0.461 e. The molecule has 7 heteroatoms. The van der Waals surface area contributed by atoms with Crippen LogP contribution in [0.4, 0.5) is 17.6 Å². The third kappa shape index (κ3) is 2.46. The van der Waals surface area contributed by atoms with Crippen molar-refractivity contribution in [1.29, 1.82) is 0 Å². The lowest BCUT2D eigenvalue weighted by molar-refractivity contribution is -0.140. The first kappa shape index (κ1) is 11.5. The zero-order valence-electron chi connectivity index (χ0n) is 6.61. The number of nitrogens with zero attached hydrogens (tertiary/aromatic N) is 1. The second-order valence-corrected chi connectivity index (χ2v) is 3.41. The van der Waals surface area contributed by atoms with Gasteiger partial charge in [-0.25, -0.2) is 4.39 Å². The summed E-state index contributed by atoms with van der Waals surface area (Å²) >= 11 is 1.47. The van der Waals surface area contributed by atoms with Crippen LogP contribution >= 0.6 is 22.6 Å². The first-order chi connectivity index (χ1) is 6.46. The summed E-state index contributed by atoms with van der Waals surface area (Å²) in [7, 11) is 0. The van der Waals surface area contributed by atoms with Crippen LogP contribution in [0.1, 0.15) is 5.56 Å². The smallest absolute Gasteiger partial charge is 0.421 e. The lowest BCUT2D eigenvalue weighted by Crippen LogP contribution is -2.11. The minimum Gasteiger partial charge on any atom is -0.461 e. The maximum absolute atomic E-state index is 12.4. The van der Waals surface area contributed by atoms with Crippen molar-refractivity contribution < 1.29 is 22.3 Å². The molecule has 2 nitrogen and oxygen atoms in total. The van der Waals surface area contributed by atoms with Crippen LogP contribution in [-0.2, 0) is 6.18 Å². The van der Waals surface area contributed by atoms with Gasteiger partial charge >= 0.3 is 6.18 Å². The van der Waals surface area contributed by atoms with E-state index in [0.717, 1.165) is 12.4 Å². The Morgan fingerprint density at radius 2 is 2.00 bits per heavy atom. The van der Waals surface area contributed by atoms with Crippen molar-refractivity contribution in [3.05, 3.63) is 21.5 Å². The van der Waals surface area contributed by atoms with Crippen LogP contribution in [0, 0.1) is 3.57 Å². The molecule has 0 amide bonds. The summed E-state index contributed by atoms with van der Waals surface area (Å²) in [6, 6.07) is 0. The van der Waals surface area contributed by atoms with Gasteiger partial charge in [-0.2, -0.15) is 13.2 Å². The molecule has 1 rings (SSSR count). The van der Waals surface area contributed by atoms with Gasteiger partial charge in [0, 0.05) is 9.77 Å². The van der Waals surface area contributed by atoms with Gasteiger partial charge < -0.3 is 4.74 Å². The van der Waals surface area contributed by atoms with Gasteiger partial charge in [0.25, 0.3) is 0 Å². The fourth-order valence-electron chi connectivity index (χ4n) is 0.861. The predicted octanol–water partition coefficient (Wildman–Crippen LogP) is 3.01. The standard InChI is InChI=1S/C7H4F4INO/c8-3-14-5-2-13-1-4(12)6(5)7(9,10)11/h1-2H,3H2. The first-order valence-corrected chi connectivity index (χ1v) is 4.44. The summed E-state index contributed by atoms with van der Waals surface area (Å²) in [5.74, 6) is -0.591. The van der Waals surface area contributed by atoms with Crippen molar-refractivity contribution in [3.8, 4) is 5.75 Å². The summed E-state index contributed by atoms with van der Waals surface area (Å²) in [4.78, 5) is 3.48. The second-order valence-electron chi connectivity index (χ2n) is 2.25. The molecule has 1 heterocycles. The molecule has 78 valence electrons. The van der Waals surface area contributed by atoms with E-state index in [-0.39, 0.29) is 3.57 Å². The van der Waals surface area contributed by atoms with Crippen LogP contribution < -0.4 is 4.74 Å². The number of ether oxygens (including phenoxy) is 1. The summed E-state index contributed by atoms with van der Waals surface area (Å²) in [6.07, 6.45) is -2.69. The molecule has 0 aromatic carbocycles. The Balaban J connectivity index is 3.22. The van der Waals surface area contributed by atoms with Crippen LogP contribution in [-0.4, -0.2) is 11.8 Å². The fourth-order valence-corrected chi connectivity index (χ4v) is 1.59. The molecule has 0 aliphatic carbocycles. The average molecular weight is 321 g/mol. The Morgan fingerprint density at radius 3 is 2.50 bits per heavy atom. The topological polar surface area (TPSA) is 22.1 Å². The van der Waals surface area contributed by atoms with Crippen LogP contribution in [0.3, 0.4) is 0 Å². The number of hydrogen-bond donors (Lipinski definition) is 0. The monoisotopic (exact) mass is 321 g/mol. The highest BCUT2D eigenvalue weighted by atomic mass is 127. The minimum atomic E-state index is -4.57. The first-order valence-electron chi connectivity index (χ1n) is 3.36. The molecule has 1 aromatic heterocycles. The molecule has 0 unspecified atom stereocenters. The van der Waals surface area contributed by atoms with Crippen molar-refractivity contribution in [2.75, 3.05) is 6.86 Å². The van der Waals surface area contributed by atoms with Gasteiger partial charge in [-0.15, -0.1) is 0 Å². The fraction of sp³-hybridized carbons (Fsp3) is 0.286. The average Bonchev–Trinajstić information content (AvgIpc) is 2.02. The van der Waals surface area contributed by atoms with E-state index >= 15 is 0 Å². The van der Waals surface area contributed by atoms with E-state index in [1.807, 2.05) is 0 Å². The van der Waals surface area contributed by atoms with Gasteiger partial charge in [-0.05, 0) is 22.6 Å². The zero-order chi connectivity index (χ0) is 10.8. The maximum atomic E-state index is 12.4. The van der Waals surface area contributed by atoms with Gasteiger partial charge in [0.1, 0.15) is 5.56 Å². The highest BCUT2D eigenvalue weighted by Crippen LogP contribution is 2.38. The zero-order valence-corrected chi connectivity index (χ0v) is 8.76. The van der Waals surface area contributed by atoms with Crippen molar-refractivity contribution in [2.45, 2.75) is 6.18 Å². The quantitative estimate of drug-likeness (QED) is 0.617. The third-order valence-corrected chi connectivity index (χ3v) is 2.18. The van der Waals surface area contributed by atoms with E-state index in [1.165, 1.54) is 22.6 Å². The molecule has 1 aromatic rings. The Kier molecular flexibility index (Phi) is 3.51. The predicted molar refractivity (Wildman–Crippen MR) is 48.6 cm³/mol. The SMILES string of the molecule is FCOc1cncc(I)c1C(F)(F)F. The minimum absolute atomic E-state index is 0.124. The molecular weight excluding hydrogens is 317 g/mol. The number of halogens is 5. The number of alkyl halides is 4. The van der Waals surface area contributed by atoms with Gasteiger partial charge in [-0.1, -0.05) is 0 Å². The second kappa shape index (κ2) is 4.28. The third-order valence-electron chi connectivity index (χ3n) is 1.36. The molecule has 0 fully saturated rings. The summed E-state index contributed by atoms with van der Waals surface area (Å²) < 4.78 is 53.0. The highest BCUT2D eigenvalue weighted by molar-refractivity contribution is 14.1. The molecule has 0 spiro atoms. The van der Waals surface area contributed by atoms with E-state index < -0.39 is 24.3 Å². The van der Waals surface area contributed by atoms with Crippen molar-refractivity contribution >= 4 is 22.6 Å². The molecule has 0 aliphatic rings. The van der Waals surface area contributed by atoms with Gasteiger partial charge in [-0.3, -0.25) is 4.98 Å². The summed E-state index contributed by atoms with van der Waals surface area (Å²) in [5, 5.41) is 0. The van der Waals surface area contributed by atoms with Crippen LogP contribution in [0.25, 0.3) is 0 Å². The van der Waals surface area contributed by atoms with Gasteiger partial charge in [0.2, 0.25) is 6.86 Å². The number of hydrogen-bond acceptors (Lipinski definition) is 2.